The first-order chi connectivity index (χ1) is 18.0. The lowest BCUT2D eigenvalue weighted by atomic mass is 10.0. The summed E-state index contributed by atoms with van der Waals surface area (Å²) in [5.41, 5.74) is 2.84. The maximum absolute atomic E-state index is 14.3. The van der Waals surface area contributed by atoms with Gasteiger partial charge in [-0.3, -0.25) is 4.57 Å². The van der Waals surface area contributed by atoms with E-state index in [1.54, 1.807) is 41.2 Å². The molecule has 196 valence electrons. The fourth-order valence-corrected chi connectivity index (χ4v) is 6.09. The number of ether oxygens (including phenoxy) is 3. The van der Waals surface area contributed by atoms with Gasteiger partial charge in [-0.15, -0.1) is 0 Å². The first-order valence-corrected chi connectivity index (χ1v) is 13.6. The van der Waals surface area contributed by atoms with Gasteiger partial charge in [0.05, 0.1) is 34.5 Å². The van der Waals surface area contributed by atoms with Gasteiger partial charge in [0.15, 0.2) is 17.3 Å². The summed E-state index contributed by atoms with van der Waals surface area (Å²) in [5, 5.41) is 4.12. The molecule has 4 rings (SSSR count). The molecule has 0 bridgehead atoms. The van der Waals surface area contributed by atoms with Crippen molar-refractivity contribution in [1.29, 1.82) is 0 Å². The van der Waals surface area contributed by atoms with Crippen LogP contribution in [0.2, 0.25) is 0 Å². The summed E-state index contributed by atoms with van der Waals surface area (Å²) < 4.78 is 48.8. The fraction of sp³-hybridized carbons (Fsp3) is 0.286. The number of fused-ring (bicyclic) bond motifs is 1. The molecule has 1 heterocycles. The summed E-state index contributed by atoms with van der Waals surface area (Å²) in [6.07, 6.45) is 0. The molecule has 1 N–H and O–H groups in total. The fourth-order valence-electron chi connectivity index (χ4n) is 4.22. The van der Waals surface area contributed by atoms with Crippen molar-refractivity contribution in [2.45, 2.75) is 19.6 Å². The smallest absolute Gasteiger partial charge is 0.360 e. The van der Waals surface area contributed by atoms with Crippen LogP contribution in [0.3, 0.4) is 0 Å². The number of rotatable bonds is 12. The average molecular weight is 526 g/mol. The minimum atomic E-state index is -3.76. The van der Waals surface area contributed by atoms with E-state index >= 15 is 0 Å². The molecule has 37 heavy (non-hydrogen) atoms. The number of benzene rings is 3. The van der Waals surface area contributed by atoms with Gasteiger partial charge in [0, 0.05) is 22.7 Å². The van der Waals surface area contributed by atoms with Gasteiger partial charge in [0.2, 0.25) is 0 Å². The van der Waals surface area contributed by atoms with Gasteiger partial charge in [0.1, 0.15) is 17.1 Å². The number of anilines is 1. The van der Waals surface area contributed by atoms with E-state index in [0.29, 0.717) is 28.6 Å². The molecule has 0 aliphatic carbocycles. The maximum atomic E-state index is 14.3. The third-order valence-electron chi connectivity index (χ3n) is 5.86. The lowest BCUT2D eigenvalue weighted by molar-refractivity contribution is 0.212. The van der Waals surface area contributed by atoms with E-state index in [1.165, 1.54) is 0 Å². The quantitative estimate of drug-likeness (QED) is 0.190. The van der Waals surface area contributed by atoms with Gasteiger partial charge < -0.3 is 33.0 Å². The summed E-state index contributed by atoms with van der Waals surface area (Å²) in [7, 11) is 0.996. The summed E-state index contributed by atoms with van der Waals surface area (Å²) in [6.45, 7) is 3.96. The van der Waals surface area contributed by atoms with Crippen LogP contribution in [0, 0.1) is 0 Å². The van der Waals surface area contributed by atoms with Crippen molar-refractivity contribution in [2.24, 2.45) is 0 Å². The Morgan fingerprint density at radius 2 is 1.46 bits per heavy atom. The van der Waals surface area contributed by atoms with E-state index in [-0.39, 0.29) is 13.2 Å². The van der Waals surface area contributed by atoms with Crippen LogP contribution >= 0.6 is 7.60 Å². The molecule has 0 spiro atoms. The summed E-state index contributed by atoms with van der Waals surface area (Å²) >= 11 is 0. The number of hydrogen-bond donors (Lipinski definition) is 1. The van der Waals surface area contributed by atoms with Crippen LogP contribution in [0.15, 0.2) is 71.1 Å². The van der Waals surface area contributed by atoms with Gasteiger partial charge in [-0.05, 0) is 49.7 Å². The number of nitrogens with one attached hydrogen (secondary N) is 1. The van der Waals surface area contributed by atoms with Crippen molar-refractivity contribution >= 4 is 24.3 Å². The van der Waals surface area contributed by atoms with Gasteiger partial charge in [-0.1, -0.05) is 30.3 Å². The van der Waals surface area contributed by atoms with Crippen LogP contribution in [0.1, 0.15) is 25.4 Å². The Balaban J connectivity index is 2.02. The van der Waals surface area contributed by atoms with Crippen molar-refractivity contribution in [2.75, 3.05) is 39.9 Å². The predicted molar refractivity (Wildman–Crippen MR) is 145 cm³/mol. The highest BCUT2D eigenvalue weighted by Gasteiger charge is 2.42. The molecule has 0 radical (unpaired) electrons. The molecule has 1 atom stereocenters. The second-order valence-electron chi connectivity index (χ2n) is 8.06. The number of furan rings is 1. The van der Waals surface area contributed by atoms with Crippen molar-refractivity contribution < 1.29 is 32.2 Å². The molecular formula is C28H32NO7P. The Hall–Kier alpha value is -3.45. The topological polar surface area (TPSA) is 88.4 Å². The molecule has 0 amide bonds. The molecule has 0 aliphatic heterocycles. The Bertz CT molecular complexity index is 1360. The van der Waals surface area contributed by atoms with Crippen LogP contribution in [0.4, 0.5) is 5.69 Å². The summed E-state index contributed by atoms with van der Waals surface area (Å²) in [6, 6.07) is 20.7. The van der Waals surface area contributed by atoms with Gasteiger partial charge in [-0.2, -0.15) is 0 Å². The normalized spacial score (nSPS) is 12.4. The van der Waals surface area contributed by atoms with Crippen molar-refractivity contribution in [3.05, 3.63) is 72.5 Å². The van der Waals surface area contributed by atoms with E-state index < -0.39 is 13.4 Å². The Morgan fingerprint density at radius 3 is 2.03 bits per heavy atom. The molecule has 0 saturated heterocycles. The second kappa shape index (κ2) is 11.7. The zero-order chi connectivity index (χ0) is 26.4. The number of hydrogen-bond acceptors (Lipinski definition) is 8. The SMILES string of the molecule is CCOP(=O)(OCC)C(Nc1ccccc1)c1oc2cc(OC)c(OC)cc2c1-c1ccc(OC)cc1. The van der Waals surface area contributed by atoms with E-state index in [0.717, 1.165) is 22.2 Å². The highest BCUT2D eigenvalue weighted by atomic mass is 31.2. The lowest BCUT2D eigenvalue weighted by Gasteiger charge is -2.27. The lowest BCUT2D eigenvalue weighted by Crippen LogP contribution is -2.15. The monoisotopic (exact) mass is 525 g/mol. The first kappa shape index (κ1) is 26.6. The second-order valence-corrected chi connectivity index (χ2v) is 10.2. The Morgan fingerprint density at radius 1 is 0.838 bits per heavy atom. The van der Waals surface area contributed by atoms with Crippen LogP contribution < -0.4 is 19.5 Å². The van der Waals surface area contributed by atoms with E-state index in [2.05, 4.69) is 5.32 Å². The van der Waals surface area contributed by atoms with Gasteiger partial charge >= 0.3 is 7.60 Å². The predicted octanol–water partition coefficient (Wildman–Crippen LogP) is 7.50. The molecule has 3 aromatic carbocycles. The minimum absolute atomic E-state index is 0.198. The third kappa shape index (κ3) is 5.47. The molecular weight excluding hydrogens is 493 g/mol. The molecule has 9 heteroatoms. The Labute approximate surface area is 217 Å². The van der Waals surface area contributed by atoms with Gasteiger partial charge in [-0.25, -0.2) is 0 Å². The molecule has 0 fully saturated rings. The maximum Gasteiger partial charge on any atom is 0.360 e. The van der Waals surface area contributed by atoms with Crippen LogP contribution in [0.25, 0.3) is 22.1 Å². The first-order valence-electron chi connectivity index (χ1n) is 12.0. The van der Waals surface area contributed by atoms with Crippen molar-refractivity contribution in [1.82, 2.24) is 0 Å². The average Bonchev–Trinajstić information content (AvgIpc) is 3.29. The van der Waals surface area contributed by atoms with Crippen LogP contribution in [-0.2, 0) is 13.6 Å². The van der Waals surface area contributed by atoms with Crippen LogP contribution in [0.5, 0.6) is 17.2 Å². The summed E-state index contributed by atoms with van der Waals surface area (Å²) in [4.78, 5) is 0. The molecule has 0 aliphatic rings. The van der Waals surface area contributed by atoms with E-state index in [4.69, 9.17) is 27.7 Å². The summed E-state index contributed by atoms with van der Waals surface area (Å²) in [5.74, 6) is 1.23. The highest BCUT2D eigenvalue weighted by Crippen LogP contribution is 2.63. The molecule has 1 unspecified atom stereocenters. The van der Waals surface area contributed by atoms with E-state index in [9.17, 15) is 4.57 Å². The van der Waals surface area contributed by atoms with Gasteiger partial charge in [0.25, 0.3) is 0 Å². The van der Waals surface area contributed by atoms with Crippen molar-refractivity contribution in [3.8, 4) is 28.4 Å². The standard InChI is InChI=1S/C28H32NO7P/c1-6-34-37(30,35-7-2)28(29-20-11-9-8-10-12-20)27-26(19-13-15-21(31-3)16-14-19)22-17-24(32-4)25(33-5)18-23(22)36-27/h8-18,28-29H,6-7H2,1-5H3. The van der Waals surface area contributed by atoms with Crippen molar-refractivity contribution in [3.63, 3.8) is 0 Å². The van der Waals surface area contributed by atoms with E-state index in [1.807, 2.05) is 60.7 Å². The highest BCUT2D eigenvalue weighted by molar-refractivity contribution is 7.54. The molecule has 0 saturated carbocycles. The minimum Gasteiger partial charge on any atom is -0.497 e. The number of para-hydroxylation sites is 1. The third-order valence-corrected chi connectivity index (χ3v) is 8.09. The molecule has 1 aromatic heterocycles. The molecule has 4 aromatic rings. The zero-order valence-corrected chi connectivity index (χ0v) is 22.5. The largest absolute Gasteiger partial charge is 0.497 e. The van der Waals surface area contributed by atoms with Crippen LogP contribution in [-0.4, -0.2) is 34.5 Å². The Kier molecular flexibility index (Phi) is 8.44. The number of methoxy groups -OCH3 is 3. The zero-order valence-electron chi connectivity index (χ0n) is 21.6. The molecule has 8 nitrogen and oxygen atoms in total.